The van der Waals surface area contributed by atoms with Crippen molar-refractivity contribution in [2.45, 2.75) is 258 Å². The lowest BCUT2D eigenvalue weighted by Gasteiger charge is -2.18. The van der Waals surface area contributed by atoms with Crippen molar-refractivity contribution in [2.75, 3.05) is 13.2 Å². The van der Waals surface area contributed by atoms with E-state index in [0.29, 0.717) is 19.3 Å². The fraction of sp³-hybridized carbons (Fsp3) is 0.592. The summed E-state index contributed by atoms with van der Waals surface area (Å²) in [4.78, 5) is 37.9. The molecule has 6 nitrogen and oxygen atoms in total. The van der Waals surface area contributed by atoms with Gasteiger partial charge in [0, 0.05) is 19.3 Å². The van der Waals surface area contributed by atoms with Gasteiger partial charge in [-0.15, -0.1) is 0 Å². The molecule has 6 heteroatoms. The molecule has 0 aromatic rings. The zero-order valence-electron chi connectivity index (χ0n) is 49.4. The van der Waals surface area contributed by atoms with Gasteiger partial charge in [0.15, 0.2) is 6.10 Å². The Bertz CT molecular complexity index is 1740. The Hall–Kier alpha value is -4.97. The third kappa shape index (κ3) is 61.8. The number of hydrogen-bond acceptors (Lipinski definition) is 6. The van der Waals surface area contributed by atoms with Gasteiger partial charge in [0.25, 0.3) is 0 Å². The first-order valence-electron chi connectivity index (χ1n) is 31.0. The van der Waals surface area contributed by atoms with Crippen molar-refractivity contribution in [3.05, 3.63) is 158 Å². The zero-order valence-corrected chi connectivity index (χ0v) is 49.4. The summed E-state index contributed by atoms with van der Waals surface area (Å²) in [6.07, 6.45) is 92.8. The number of ether oxygens (including phenoxy) is 3. The molecule has 0 saturated carbocycles. The standard InChI is InChI=1S/C71H112O6/c1-4-7-10-13-15-17-19-21-23-25-27-29-31-33-35-37-39-41-43-45-47-49-51-53-55-58-61-64-70(73)76-67-68(66-75-69(72)63-60-57-12-9-6-3)77-71(74)65-62-59-56-54-52-50-48-46-44-42-40-38-36-34-32-30-28-26-24-22-20-18-16-14-11-8-5-2/h7-8,10-11,15-18,21-24,27-30,33-36,39-42,45,47,68H,4-6,9,12-14,19-20,25-26,31-32,37-38,43-44,46,48-67H2,1-3H3/b10-7-,11-8-,17-15-,18-16-,23-21-,24-22-,29-27-,30-28-,35-33-,36-34-,41-39-,42-40-,47-45-. The van der Waals surface area contributed by atoms with E-state index >= 15 is 0 Å². The van der Waals surface area contributed by atoms with E-state index in [9.17, 15) is 14.4 Å². The Morgan fingerprint density at radius 2 is 0.506 bits per heavy atom. The van der Waals surface area contributed by atoms with Crippen LogP contribution in [0.5, 0.6) is 0 Å². The summed E-state index contributed by atoms with van der Waals surface area (Å²) >= 11 is 0. The zero-order chi connectivity index (χ0) is 55.7. The van der Waals surface area contributed by atoms with Crippen LogP contribution in [0.1, 0.15) is 252 Å². The largest absolute Gasteiger partial charge is 0.462 e. The van der Waals surface area contributed by atoms with Gasteiger partial charge in [-0.25, -0.2) is 0 Å². The van der Waals surface area contributed by atoms with Gasteiger partial charge >= 0.3 is 17.9 Å². The van der Waals surface area contributed by atoms with Crippen LogP contribution in [0, 0.1) is 0 Å². The van der Waals surface area contributed by atoms with Crippen LogP contribution in [0.3, 0.4) is 0 Å². The van der Waals surface area contributed by atoms with E-state index in [2.05, 4.69) is 179 Å². The van der Waals surface area contributed by atoms with Gasteiger partial charge in [-0.3, -0.25) is 14.4 Å². The number of rotatable bonds is 54. The maximum absolute atomic E-state index is 12.8. The Morgan fingerprint density at radius 1 is 0.273 bits per heavy atom. The number of hydrogen-bond donors (Lipinski definition) is 0. The molecule has 0 spiro atoms. The molecule has 1 atom stereocenters. The van der Waals surface area contributed by atoms with Crippen LogP contribution in [0.15, 0.2) is 158 Å². The Kier molecular flexibility index (Phi) is 59.5. The highest BCUT2D eigenvalue weighted by molar-refractivity contribution is 5.71. The summed E-state index contributed by atoms with van der Waals surface area (Å²) in [5.74, 6) is -0.943. The van der Waals surface area contributed by atoms with Crippen LogP contribution in [-0.4, -0.2) is 37.2 Å². The minimum atomic E-state index is -0.796. The van der Waals surface area contributed by atoms with Crippen molar-refractivity contribution in [3.8, 4) is 0 Å². The third-order valence-electron chi connectivity index (χ3n) is 12.5. The molecule has 77 heavy (non-hydrogen) atoms. The lowest BCUT2D eigenvalue weighted by Crippen LogP contribution is -2.30. The van der Waals surface area contributed by atoms with Gasteiger partial charge in [0.2, 0.25) is 0 Å². The van der Waals surface area contributed by atoms with Gasteiger partial charge < -0.3 is 14.2 Å². The number of allylic oxidation sites excluding steroid dienone is 26. The molecule has 0 bridgehead atoms. The molecule has 0 fully saturated rings. The van der Waals surface area contributed by atoms with Crippen molar-refractivity contribution in [3.63, 3.8) is 0 Å². The summed E-state index contributed by atoms with van der Waals surface area (Å²) in [7, 11) is 0. The van der Waals surface area contributed by atoms with E-state index in [1.807, 2.05) is 0 Å². The van der Waals surface area contributed by atoms with E-state index in [1.54, 1.807) is 0 Å². The summed E-state index contributed by atoms with van der Waals surface area (Å²) < 4.78 is 16.7. The van der Waals surface area contributed by atoms with Gasteiger partial charge in [-0.2, -0.15) is 0 Å². The normalized spacial score (nSPS) is 13.2. The number of carbonyl (C=O) groups excluding carboxylic acids is 3. The predicted molar refractivity (Wildman–Crippen MR) is 334 cm³/mol. The first-order chi connectivity index (χ1) is 38.0. The van der Waals surface area contributed by atoms with Crippen LogP contribution in [0.25, 0.3) is 0 Å². The van der Waals surface area contributed by atoms with Crippen LogP contribution in [0.4, 0.5) is 0 Å². The Balaban J connectivity index is 4.18. The van der Waals surface area contributed by atoms with E-state index in [-0.39, 0.29) is 31.1 Å². The summed E-state index contributed by atoms with van der Waals surface area (Å²) in [6, 6.07) is 0. The molecule has 0 aromatic carbocycles. The van der Waals surface area contributed by atoms with Crippen molar-refractivity contribution < 1.29 is 28.6 Å². The maximum Gasteiger partial charge on any atom is 0.306 e. The molecule has 0 aliphatic heterocycles. The van der Waals surface area contributed by atoms with Gasteiger partial charge in [-0.1, -0.05) is 262 Å². The van der Waals surface area contributed by atoms with Gasteiger partial charge in [0.05, 0.1) is 0 Å². The third-order valence-corrected chi connectivity index (χ3v) is 12.5. The van der Waals surface area contributed by atoms with Crippen LogP contribution in [0.2, 0.25) is 0 Å². The second kappa shape index (κ2) is 63.6. The van der Waals surface area contributed by atoms with Gasteiger partial charge in [-0.05, 0) is 128 Å². The van der Waals surface area contributed by atoms with E-state index in [0.717, 1.165) is 180 Å². The number of esters is 3. The fourth-order valence-electron chi connectivity index (χ4n) is 7.95. The van der Waals surface area contributed by atoms with E-state index in [4.69, 9.17) is 14.2 Å². The molecule has 0 aliphatic rings. The Labute approximate surface area is 473 Å². The topological polar surface area (TPSA) is 78.9 Å². The molecule has 0 heterocycles. The summed E-state index contributed by atoms with van der Waals surface area (Å²) in [5, 5.41) is 0. The Morgan fingerprint density at radius 3 is 0.792 bits per heavy atom. The molecule has 0 saturated heterocycles. The van der Waals surface area contributed by atoms with Crippen LogP contribution in [-0.2, 0) is 28.6 Å². The fourth-order valence-corrected chi connectivity index (χ4v) is 7.95. The van der Waals surface area contributed by atoms with Crippen molar-refractivity contribution >= 4 is 17.9 Å². The highest BCUT2D eigenvalue weighted by atomic mass is 16.6. The maximum atomic E-state index is 12.8. The quantitative estimate of drug-likeness (QED) is 0.0261. The van der Waals surface area contributed by atoms with Gasteiger partial charge in [0.1, 0.15) is 13.2 Å². The molecular weight excluding hydrogens is 949 g/mol. The monoisotopic (exact) mass is 1060 g/mol. The molecule has 0 aromatic heterocycles. The molecule has 1 unspecified atom stereocenters. The summed E-state index contributed by atoms with van der Waals surface area (Å²) in [6.45, 7) is 6.29. The van der Waals surface area contributed by atoms with Crippen molar-refractivity contribution in [1.29, 1.82) is 0 Å². The average Bonchev–Trinajstić information content (AvgIpc) is 3.43. The molecule has 0 aliphatic carbocycles. The highest BCUT2D eigenvalue weighted by Gasteiger charge is 2.19. The highest BCUT2D eigenvalue weighted by Crippen LogP contribution is 2.14. The predicted octanol–water partition coefficient (Wildman–Crippen LogP) is 21.3. The van der Waals surface area contributed by atoms with Crippen molar-refractivity contribution in [2.24, 2.45) is 0 Å². The van der Waals surface area contributed by atoms with E-state index < -0.39 is 6.10 Å². The van der Waals surface area contributed by atoms with Crippen LogP contribution >= 0.6 is 0 Å². The smallest absolute Gasteiger partial charge is 0.306 e. The molecular formula is C71H112O6. The first-order valence-corrected chi connectivity index (χ1v) is 31.0. The summed E-state index contributed by atoms with van der Waals surface area (Å²) in [5.41, 5.74) is 0. The second-order valence-corrected chi connectivity index (χ2v) is 19.9. The number of unbranched alkanes of at least 4 members (excludes halogenated alkanes) is 17. The minimum absolute atomic E-state index is 0.0945. The average molecular weight is 1060 g/mol. The SMILES string of the molecule is CC/C=C\C/C=C\C/C=C\C/C=C\C/C=C\C/C=C\C/C=C\CCCCCCCC(=O)OCC(COC(=O)CCCCCCC)OC(=O)CCCCCCCCCC/C=C\C/C=C\C/C=C\C/C=C\C/C=C\C/C=C\CC. The number of carbonyl (C=O) groups is 3. The molecule has 0 N–H and O–H groups in total. The minimum Gasteiger partial charge on any atom is -0.462 e. The molecule has 0 amide bonds. The molecule has 0 rings (SSSR count). The first kappa shape index (κ1) is 72.0. The lowest BCUT2D eigenvalue weighted by atomic mass is 10.1. The lowest BCUT2D eigenvalue weighted by molar-refractivity contribution is -0.167. The van der Waals surface area contributed by atoms with E-state index in [1.165, 1.54) is 32.1 Å². The molecule has 432 valence electrons. The second-order valence-electron chi connectivity index (χ2n) is 19.9. The van der Waals surface area contributed by atoms with Crippen molar-refractivity contribution in [1.82, 2.24) is 0 Å². The van der Waals surface area contributed by atoms with Crippen LogP contribution < -0.4 is 0 Å². The molecule has 0 radical (unpaired) electrons.